The Morgan fingerprint density at radius 2 is 2.00 bits per heavy atom. The van der Waals surface area contributed by atoms with Crippen LogP contribution in [-0.2, 0) is 29.2 Å². The summed E-state index contributed by atoms with van der Waals surface area (Å²) < 4.78 is 30.2. The van der Waals surface area contributed by atoms with Gasteiger partial charge in [0, 0.05) is 29.7 Å². The van der Waals surface area contributed by atoms with E-state index in [0.29, 0.717) is 34.9 Å². The quantitative estimate of drug-likeness (QED) is 0.545. The van der Waals surface area contributed by atoms with E-state index >= 15 is 0 Å². The first-order chi connectivity index (χ1) is 16.0. The van der Waals surface area contributed by atoms with Crippen molar-refractivity contribution in [3.63, 3.8) is 0 Å². The molecule has 2 N–H and O–H groups in total. The summed E-state index contributed by atoms with van der Waals surface area (Å²) in [5.74, 6) is -0.0812. The number of methoxy groups -OCH3 is 1. The number of hydrogen-bond donors (Lipinski definition) is 1. The van der Waals surface area contributed by atoms with Crippen LogP contribution in [0.5, 0.6) is 5.75 Å². The zero-order valence-electron chi connectivity index (χ0n) is 18.9. The van der Waals surface area contributed by atoms with Crippen LogP contribution in [-0.4, -0.2) is 42.7 Å². The number of sulfonamides is 1. The highest BCUT2D eigenvalue weighted by Crippen LogP contribution is 2.38. The summed E-state index contributed by atoms with van der Waals surface area (Å²) in [5, 5.41) is 10.6. The summed E-state index contributed by atoms with van der Waals surface area (Å²) in [4.78, 5) is 15.1. The van der Waals surface area contributed by atoms with Gasteiger partial charge in [-0.15, -0.1) is 0 Å². The van der Waals surface area contributed by atoms with Crippen LogP contribution in [0.4, 0.5) is 0 Å². The lowest BCUT2D eigenvalue weighted by Gasteiger charge is -2.33. The van der Waals surface area contributed by atoms with Gasteiger partial charge in [0.15, 0.2) is 0 Å². The van der Waals surface area contributed by atoms with E-state index in [1.54, 1.807) is 46.0 Å². The molecule has 4 rings (SSSR count). The molecule has 0 aliphatic carbocycles. The molecule has 8 nitrogen and oxygen atoms in total. The van der Waals surface area contributed by atoms with Crippen LogP contribution >= 0.6 is 23.2 Å². The number of benzene rings is 2. The predicted octanol–water partition coefficient (Wildman–Crippen LogP) is 3.95. The van der Waals surface area contributed by atoms with Crippen LogP contribution in [0.1, 0.15) is 40.1 Å². The molecule has 0 bridgehead atoms. The van der Waals surface area contributed by atoms with Crippen LogP contribution in [0.15, 0.2) is 36.4 Å². The summed E-state index contributed by atoms with van der Waals surface area (Å²) in [6, 6.07) is 9.92. The van der Waals surface area contributed by atoms with Gasteiger partial charge in [-0.3, -0.25) is 9.48 Å². The number of ether oxygens (including phenoxy) is 1. The second kappa shape index (κ2) is 9.22. The van der Waals surface area contributed by atoms with Gasteiger partial charge in [0.2, 0.25) is 10.0 Å². The molecule has 0 fully saturated rings. The van der Waals surface area contributed by atoms with Crippen LogP contribution in [0, 0.1) is 0 Å². The van der Waals surface area contributed by atoms with Crippen molar-refractivity contribution in [2.75, 3.05) is 13.7 Å². The number of halogens is 2. The van der Waals surface area contributed by atoms with Crippen molar-refractivity contribution in [1.82, 2.24) is 14.7 Å². The molecule has 2 heterocycles. The molecule has 34 heavy (non-hydrogen) atoms. The number of fused-ring (bicyclic) bond motifs is 1. The molecular formula is C23H24Cl2N4O4S. The van der Waals surface area contributed by atoms with Gasteiger partial charge in [-0.05, 0) is 49.2 Å². The minimum Gasteiger partial charge on any atom is -0.495 e. The topological polar surface area (TPSA) is 108 Å². The third kappa shape index (κ3) is 4.65. The van der Waals surface area contributed by atoms with Crippen molar-refractivity contribution in [2.45, 2.75) is 25.1 Å². The van der Waals surface area contributed by atoms with E-state index in [4.69, 9.17) is 38.2 Å². The Kier molecular flexibility index (Phi) is 6.65. The fourth-order valence-corrected chi connectivity index (χ4v) is 5.65. The number of aryl methyl sites for hydroxylation is 1. The van der Waals surface area contributed by atoms with Crippen LogP contribution in [0.25, 0.3) is 11.3 Å². The first-order valence-corrected chi connectivity index (χ1v) is 13.0. The van der Waals surface area contributed by atoms with Crippen molar-refractivity contribution >= 4 is 39.1 Å². The number of nitrogens with two attached hydrogens (primary N) is 1. The summed E-state index contributed by atoms with van der Waals surface area (Å²) in [6.45, 7) is 2.38. The molecule has 11 heteroatoms. The fraction of sp³-hybridized carbons (Fsp3) is 0.304. The zero-order chi connectivity index (χ0) is 24.8. The number of rotatable bonds is 5. The molecule has 180 valence electrons. The average molecular weight is 523 g/mol. The Labute approximate surface area is 208 Å². The van der Waals surface area contributed by atoms with Crippen molar-refractivity contribution in [3.05, 3.63) is 68.8 Å². The minimum absolute atomic E-state index is 0.201. The number of amides is 1. The van der Waals surface area contributed by atoms with Crippen LogP contribution in [0.3, 0.4) is 0 Å². The van der Waals surface area contributed by atoms with Crippen molar-refractivity contribution < 1.29 is 17.9 Å². The van der Waals surface area contributed by atoms with Gasteiger partial charge in [0.25, 0.3) is 5.91 Å². The first kappa shape index (κ1) is 24.5. The Bertz CT molecular complexity index is 1390. The Balaban J connectivity index is 1.71. The molecule has 0 spiro atoms. The van der Waals surface area contributed by atoms with Crippen molar-refractivity contribution in [3.8, 4) is 17.0 Å². The predicted molar refractivity (Wildman–Crippen MR) is 132 cm³/mol. The lowest BCUT2D eigenvalue weighted by Crippen LogP contribution is -2.39. The molecule has 1 aliphatic rings. The molecule has 0 saturated heterocycles. The fourth-order valence-electron chi connectivity index (χ4n) is 4.47. The molecule has 0 unspecified atom stereocenters. The SMILES string of the molecule is COc1cccc(C(=O)N2CCc3c(nn(C)c3-c3cc(Cl)cc(CS(N)(=O)=O)c3)[C@@H]2C)c1Cl. The van der Waals surface area contributed by atoms with Crippen molar-refractivity contribution in [1.29, 1.82) is 0 Å². The normalized spacial score (nSPS) is 15.8. The summed E-state index contributed by atoms with van der Waals surface area (Å²) in [5.41, 5.74) is 4.18. The van der Waals surface area contributed by atoms with Gasteiger partial charge in [-0.1, -0.05) is 29.3 Å². The lowest BCUT2D eigenvalue weighted by molar-refractivity contribution is 0.0673. The maximum atomic E-state index is 13.4. The van der Waals surface area contributed by atoms with Gasteiger partial charge >= 0.3 is 0 Å². The maximum Gasteiger partial charge on any atom is 0.256 e. The summed E-state index contributed by atoms with van der Waals surface area (Å²) in [7, 11) is -0.396. The van der Waals surface area contributed by atoms with E-state index in [2.05, 4.69) is 0 Å². The highest BCUT2D eigenvalue weighted by Gasteiger charge is 2.34. The molecule has 0 radical (unpaired) electrons. The third-order valence-corrected chi connectivity index (χ3v) is 7.26. The monoisotopic (exact) mass is 522 g/mol. The lowest BCUT2D eigenvalue weighted by atomic mass is 9.94. The molecule has 1 atom stereocenters. The Morgan fingerprint density at radius 1 is 1.26 bits per heavy atom. The standard InChI is InChI=1S/C23H24Cl2N4O4S/c1-13-21-18(7-8-29(13)23(30)17-5-4-6-19(33-3)20(17)25)22(28(2)27-21)15-9-14(10-16(24)11-15)12-34(26,31)32/h4-6,9-11,13H,7-8,12H2,1-3H3,(H2,26,31,32)/t13-/m0/s1. The van der Waals surface area contributed by atoms with Crippen molar-refractivity contribution in [2.24, 2.45) is 12.2 Å². The highest BCUT2D eigenvalue weighted by atomic mass is 35.5. The maximum absolute atomic E-state index is 13.4. The zero-order valence-corrected chi connectivity index (χ0v) is 21.2. The van der Waals surface area contributed by atoms with E-state index < -0.39 is 10.0 Å². The Morgan fingerprint density at radius 3 is 2.68 bits per heavy atom. The number of nitrogens with zero attached hydrogens (tertiary/aromatic N) is 3. The first-order valence-electron chi connectivity index (χ1n) is 10.5. The number of carbonyl (C=O) groups is 1. The van der Waals surface area contributed by atoms with Crippen LogP contribution < -0.4 is 9.88 Å². The van der Waals surface area contributed by atoms with E-state index in [-0.39, 0.29) is 22.7 Å². The highest BCUT2D eigenvalue weighted by molar-refractivity contribution is 7.88. The van der Waals surface area contributed by atoms with E-state index in [9.17, 15) is 13.2 Å². The smallest absolute Gasteiger partial charge is 0.256 e. The third-order valence-electron chi connectivity index (χ3n) is 5.92. The van der Waals surface area contributed by atoms with Gasteiger partial charge < -0.3 is 9.64 Å². The van der Waals surface area contributed by atoms with Gasteiger partial charge in [-0.25, -0.2) is 13.6 Å². The molecule has 1 aromatic heterocycles. The van der Waals surface area contributed by atoms with Gasteiger partial charge in [-0.2, -0.15) is 5.10 Å². The Hall–Kier alpha value is -2.59. The molecule has 1 amide bonds. The average Bonchev–Trinajstić information content (AvgIpc) is 3.09. The number of carbonyl (C=O) groups excluding carboxylic acids is 1. The molecule has 0 saturated carbocycles. The number of aromatic nitrogens is 2. The summed E-state index contributed by atoms with van der Waals surface area (Å²) in [6.07, 6.45) is 0.563. The molecular weight excluding hydrogens is 499 g/mol. The number of hydrogen-bond acceptors (Lipinski definition) is 5. The van der Waals surface area contributed by atoms with Gasteiger partial charge in [0.05, 0.1) is 40.9 Å². The number of primary sulfonamides is 1. The van der Waals surface area contributed by atoms with E-state index in [1.165, 1.54) is 7.11 Å². The second-order valence-electron chi connectivity index (χ2n) is 8.24. The minimum atomic E-state index is -3.71. The van der Waals surface area contributed by atoms with Gasteiger partial charge in [0.1, 0.15) is 5.75 Å². The van der Waals surface area contributed by atoms with E-state index in [1.807, 2.05) is 14.0 Å². The largest absolute Gasteiger partial charge is 0.495 e. The molecule has 1 aliphatic heterocycles. The molecule has 2 aromatic carbocycles. The second-order valence-corrected chi connectivity index (χ2v) is 10.7. The molecule has 3 aromatic rings. The summed E-state index contributed by atoms with van der Waals surface area (Å²) >= 11 is 12.7. The van der Waals surface area contributed by atoms with E-state index in [0.717, 1.165) is 22.5 Å². The van der Waals surface area contributed by atoms with Crippen LogP contribution in [0.2, 0.25) is 10.0 Å².